The highest BCUT2D eigenvalue weighted by Gasteiger charge is 2.09. The molecule has 0 saturated carbocycles. The Bertz CT molecular complexity index is 379. The summed E-state index contributed by atoms with van der Waals surface area (Å²) in [6.07, 6.45) is 0.481. The summed E-state index contributed by atoms with van der Waals surface area (Å²) >= 11 is 3.19. The summed E-state index contributed by atoms with van der Waals surface area (Å²) in [6.45, 7) is 1.74. The predicted octanol–water partition coefficient (Wildman–Crippen LogP) is 3.00. The molecule has 0 radical (unpaired) electrons. The standard InChI is InChI=1S/C11H11BrFN/c1-2-3-4-11(14)9-6-5-8(12)7-10(9)13/h5-7,11H,4,14H2,1H3. The first-order chi connectivity index (χ1) is 6.65. The minimum absolute atomic E-state index is 0.287. The molecule has 0 aromatic heterocycles. The highest BCUT2D eigenvalue weighted by Crippen LogP contribution is 2.21. The van der Waals surface area contributed by atoms with Gasteiger partial charge in [0, 0.05) is 22.5 Å². The molecule has 0 aliphatic rings. The van der Waals surface area contributed by atoms with E-state index < -0.39 is 0 Å². The molecule has 0 heterocycles. The lowest BCUT2D eigenvalue weighted by atomic mass is 10.0. The molecule has 0 amide bonds. The van der Waals surface area contributed by atoms with E-state index in [0.717, 1.165) is 0 Å². The second kappa shape index (κ2) is 5.14. The van der Waals surface area contributed by atoms with Crippen molar-refractivity contribution in [3.05, 3.63) is 34.1 Å². The minimum Gasteiger partial charge on any atom is -0.323 e. The van der Waals surface area contributed by atoms with Gasteiger partial charge in [0.2, 0.25) is 0 Å². The van der Waals surface area contributed by atoms with Crippen molar-refractivity contribution in [2.24, 2.45) is 5.73 Å². The molecule has 1 unspecified atom stereocenters. The van der Waals surface area contributed by atoms with Gasteiger partial charge in [-0.1, -0.05) is 22.0 Å². The summed E-state index contributed by atoms with van der Waals surface area (Å²) in [5, 5.41) is 0. The zero-order valence-corrected chi connectivity index (χ0v) is 9.44. The Balaban J connectivity index is 2.88. The van der Waals surface area contributed by atoms with E-state index in [1.54, 1.807) is 19.1 Å². The molecule has 1 atom stereocenters. The Morgan fingerprint density at radius 2 is 2.29 bits per heavy atom. The number of halogens is 2. The van der Waals surface area contributed by atoms with Crippen LogP contribution in [0.4, 0.5) is 4.39 Å². The maximum Gasteiger partial charge on any atom is 0.129 e. The zero-order valence-electron chi connectivity index (χ0n) is 7.85. The van der Waals surface area contributed by atoms with E-state index >= 15 is 0 Å². The molecule has 0 aliphatic carbocycles. The lowest BCUT2D eigenvalue weighted by Crippen LogP contribution is -2.11. The van der Waals surface area contributed by atoms with Crippen LogP contribution in [0.2, 0.25) is 0 Å². The highest BCUT2D eigenvalue weighted by atomic mass is 79.9. The van der Waals surface area contributed by atoms with E-state index in [9.17, 15) is 4.39 Å². The Morgan fingerprint density at radius 1 is 1.57 bits per heavy atom. The summed E-state index contributed by atoms with van der Waals surface area (Å²) in [5.74, 6) is 5.29. The Labute approximate surface area is 91.6 Å². The number of hydrogen-bond acceptors (Lipinski definition) is 1. The molecule has 1 aromatic carbocycles. The van der Waals surface area contributed by atoms with Crippen LogP contribution < -0.4 is 5.73 Å². The van der Waals surface area contributed by atoms with E-state index in [1.165, 1.54) is 6.07 Å². The van der Waals surface area contributed by atoms with Gasteiger partial charge in [-0.15, -0.1) is 11.8 Å². The first kappa shape index (κ1) is 11.2. The summed E-state index contributed by atoms with van der Waals surface area (Å²) < 4.78 is 14.1. The van der Waals surface area contributed by atoms with Gasteiger partial charge in [0.15, 0.2) is 0 Å². The molecule has 1 rings (SSSR count). The highest BCUT2D eigenvalue weighted by molar-refractivity contribution is 9.10. The lowest BCUT2D eigenvalue weighted by Gasteiger charge is -2.09. The second-order valence-corrected chi connectivity index (χ2v) is 3.82. The van der Waals surface area contributed by atoms with E-state index in [1.807, 2.05) is 0 Å². The third-order valence-electron chi connectivity index (χ3n) is 1.86. The van der Waals surface area contributed by atoms with Crippen molar-refractivity contribution >= 4 is 15.9 Å². The average Bonchev–Trinajstić information content (AvgIpc) is 2.14. The van der Waals surface area contributed by atoms with Gasteiger partial charge >= 0.3 is 0 Å². The number of hydrogen-bond donors (Lipinski definition) is 1. The van der Waals surface area contributed by atoms with Crippen LogP contribution in [-0.4, -0.2) is 0 Å². The van der Waals surface area contributed by atoms with Gasteiger partial charge in [-0.3, -0.25) is 0 Å². The molecule has 0 fully saturated rings. The van der Waals surface area contributed by atoms with Crippen LogP contribution in [0.1, 0.15) is 24.9 Å². The average molecular weight is 256 g/mol. The van der Waals surface area contributed by atoms with E-state index in [-0.39, 0.29) is 11.9 Å². The van der Waals surface area contributed by atoms with Crippen LogP contribution in [0.5, 0.6) is 0 Å². The molecule has 1 aromatic rings. The molecule has 74 valence electrons. The van der Waals surface area contributed by atoms with Crippen LogP contribution in [0.15, 0.2) is 22.7 Å². The molecule has 0 aliphatic heterocycles. The SMILES string of the molecule is CC#CCC(N)c1ccc(Br)cc1F. The van der Waals surface area contributed by atoms with E-state index in [0.29, 0.717) is 16.5 Å². The number of nitrogens with two attached hydrogens (primary N) is 1. The number of benzene rings is 1. The number of rotatable bonds is 2. The van der Waals surface area contributed by atoms with Gasteiger partial charge in [0.1, 0.15) is 5.82 Å². The molecular weight excluding hydrogens is 245 g/mol. The summed E-state index contributed by atoms with van der Waals surface area (Å²) in [4.78, 5) is 0. The topological polar surface area (TPSA) is 26.0 Å². The lowest BCUT2D eigenvalue weighted by molar-refractivity contribution is 0.584. The zero-order chi connectivity index (χ0) is 10.6. The Morgan fingerprint density at radius 3 is 2.86 bits per heavy atom. The fourth-order valence-electron chi connectivity index (χ4n) is 1.12. The van der Waals surface area contributed by atoms with Crippen molar-refractivity contribution in [1.29, 1.82) is 0 Å². The van der Waals surface area contributed by atoms with Crippen molar-refractivity contribution in [3.63, 3.8) is 0 Å². The molecule has 2 N–H and O–H groups in total. The van der Waals surface area contributed by atoms with Gasteiger partial charge in [0.25, 0.3) is 0 Å². The first-order valence-electron chi connectivity index (χ1n) is 4.25. The molecule has 0 saturated heterocycles. The van der Waals surface area contributed by atoms with Crippen molar-refractivity contribution in [2.75, 3.05) is 0 Å². The maximum absolute atomic E-state index is 13.4. The quantitative estimate of drug-likeness (QED) is 0.809. The third kappa shape index (κ3) is 2.83. The fourth-order valence-corrected chi connectivity index (χ4v) is 1.46. The largest absolute Gasteiger partial charge is 0.323 e. The summed E-state index contributed by atoms with van der Waals surface area (Å²) in [7, 11) is 0. The molecule has 3 heteroatoms. The Hall–Kier alpha value is -0.850. The third-order valence-corrected chi connectivity index (χ3v) is 2.35. The smallest absolute Gasteiger partial charge is 0.129 e. The molecule has 14 heavy (non-hydrogen) atoms. The van der Waals surface area contributed by atoms with Crippen molar-refractivity contribution in [2.45, 2.75) is 19.4 Å². The second-order valence-electron chi connectivity index (χ2n) is 2.90. The normalized spacial score (nSPS) is 11.7. The predicted molar refractivity (Wildman–Crippen MR) is 59.1 cm³/mol. The van der Waals surface area contributed by atoms with E-state index in [4.69, 9.17) is 5.73 Å². The molecular formula is C11H11BrFN. The van der Waals surface area contributed by atoms with Gasteiger partial charge in [-0.25, -0.2) is 4.39 Å². The van der Waals surface area contributed by atoms with Crippen LogP contribution in [0, 0.1) is 17.7 Å². The molecule has 0 bridgehead atoms. The minimum atomic E-state index is -0.351. The van der Waals surface area contributed by atoms with Crippen LogP contribution in [-0.2, 0) is 0 Å². The maximum atomic E-state index is 13.4. The van der Waals surface area contributed by atoms with Crippen molar-refractivity contribution < 1.29 is 4.39 Å². The van der Waals surface area contributed by atoms with Crippen LogP contribution in [0.25, 0.3) is 0 Å². The van der Waals surface area contributed by atoms with Crippen LogP contribution >= 0.6 is 15.9 Å². The van der Waals surface area contributed by atoms with Crippen molar-refractivity contribution in [3.8, 4) is 11.8 Å². The van der Waals surface area contributed by atoms with Gasteiger partial charge in [-0.2, -0.15) is 0 Å². The summed E-state index contributed by atoms with van der Waals surface area (Å²) in [5.41, 5.74) is 6.28. The monoisotopic (exact) mass is 255 g/mol. The van der Waals surface area contributed by atoms with Crippen molar-refractivity contribution in [1.82, 2.24) is 0 Å². The van der Waals surface area contributed by atoms with Gasteiger partial charge < -0.3 is 5.73 Å². The first-order valence-corrected chi connectivity index (χ1v) is 5.04. The van der Waals surface area contributed by atoms with Gasteiger partial charge in [0.05, 0.1) is 0 Å². The van der Waals surface area contributed by atoms with E-state index in [2.05, 4.69) is 27.8 Å². The molecule has 1 nitrogen and oxygen atoms in total. The molecule has 0 spiro atoms. The summed E-state index contributed by atoms with van der Waals surface area (Å²) in [6, 6.07) is 4.52. The van der Waals surface area contributed by atoms with Crippen LogP contribution in [0.3, 0.4) is 0 Å². The van der Waals surface area contributed by atoms with Gasteiger partial charge in [-0.05, 0) is 19.1 Å². The fraction of sp³-hybridized carbons (Fsp3) is 0.273. The Kier molecular flexibility index (Phi) is 4.12.